The summed E-state index contributed by atoms with van der Waals surface area (Å²) >= 11 is 0.828. The van der Waals surface area contributed by atoms with Crippen molar-refractivity contribution in [3.8, 4) is 5.75 Å². The molecule has 11 heteroatoms. The molecule has 0 unspecified atom stereocenters. The van der Waals surface area contributed by atoms with Crippen LogP contribution >= 0.6 is 11.5 Å². The summed E-state index contributed by atoms with van der Waals surface area (Å²) < 4.78 is 15.2. The van der Waals surface area contributed by atoms with Crippen LogP contribution < -0.4 is 21.5 Å². The largest absolute Gasteiger partial charge is 0.494 e. The molecule has 2 heterocycles. The highest BCUT2D eigenvalue weighted by molar-refractivity contribution is 7.09. The number of nitrogens with one attached hydrogen (secondary N) is 1. The maximum absolute atomic E-state index is 14.0. The number of carbonyl (C=O) groups is 3. The number of nitrogens with two attached hydrogens (primary N) is 2. The minimum absolute atomic E-state index is 0.0409. The molecule has 2 aliphatic rings. The van der Waals surface area contributed by atoms with Gasteiger partial charge in [0, 0.05) is 19.2 Å². The molecule has 1 saturated carbocycles. The highest BCUT2D eigenvalue weighted by Gasteiger charge is 2.40. The third kappa shape index (κ3) is 5.62. The molecule has 10 nitrogen and oxygen atoms in total. The van der Waals surface area contributed by atoms with Gasteiger partial charge in [0.25, 0.3) is 11.8 Å². The fourth-order valence-electron chi connectivity index (χ4n) is 4.89. The van der Waals surface area contributed by atoms with Gasteiger partial charge >= 0.3 is 0 Å². The lowest BCUT2D eigenvalue weighted by Gasteiger charge is -2.36. The number of anilines is 1. The molecule has 1 saturated heterocycles. The molecule has 36 heavy (non-hydrogen) atoms. The van der Waals surface area contributed by atoms with E-state index in [-0.39, 0.29) is 34.3 Å². The predicted octanol–water partition coefficient (Wildman–Crippen LogP) is 2.64. The number of hydrogen-bond acceptors (Lipinski definition) is 8. The third-order valence-corrected chi connectivity index (χ3v) is 7.52. The van der Waals surface area contributed by atoms with E-state index in [1.165, 1.54) is 0 Å². The average Bonchev–Trinajstić information content (AvgIpc) is 3.64. The van der Waals surface area contributed by atoms with Gasteiger partial charge in [0.1, 0.15) is 16.7 Å². The Balaban J connectivity index is 1.71. The van der Waals surface area contributed by atoms with Crippen LogP contribution in [0.25, 0.3) is 0 Å². The molecule has 1 aliphatic carbocycles. The van der Waals surface area contributed by atoms with Gasteiger partial charge in [-0.2, -0.15) is 4.37 Å². The Morgan fingerprint density at radius 2 is 1.92 bits per heavy atom. The van der Waals surface area contributed by atoms with E-state index in [1.807, 2.05) is 6.92 Å². The number of nitrogen functional groups attached to an aromatic ring is 1. The van der Waals surface area contributed by atoms with Crippen molar-refractivity contribution in [3.63, 3.8) is 0 Å². The van der Waals surface area contributed by atoms with E-state index >= 15 is 0 Å². The van der Waals surface area contributed by atoms with E-state index in [0.29, 0.717) is 31.1 Å². The Hall–Kier alpha value is -3.18. The van der Waals surface area contributed by atoms with E-state index in [9.17, 15) is 14.4 Å². The highest BCUT2D eigenvalue weighted by Crippen LogP contribution is 2.36. The normalized spacial score (nSPS) is 18.6. The van der Waals surface area contributed by atoms with E-state index in [1.54, 1.807) is 29.2 Å². The van der Waals surface area contributed by atoms with Crippen LogP contribution in [-0.4, -0.2) is 58.9 Å². The number of hydrogen-bond donors (Lipinski definition) is 3. The van der Waals surface area contributed by atoms with Crippen molar-refractivity contribution in [2.75, 3.05) is 25.5 Å². The standard InChI is InChI=1S/C25H33N5O5S/c1-2-34-17-11-9-15(10-12-17)21(24(32)28-14-18-8-5-13-35-18)30(16-6-3-4-7-16)25(33)22-19(26)20(23(27)31)29-36-22/h9-12,16,18,21H,2-8,13-14,26H2,1H3,(H2,27,31)(H,28,32)/t18-,21+/m1/s1. The zero-order chi connectivity index (χ0) is 25.7. The summed E-state index contributed by atoms with van der Waals surface area (Å²) in [5.41, 5.74) is 12.0. The molecular weight excluding hydrogens is 482 g/mol. The second-order valence-corrected chi connectivity index (χ2v) is 9.85. The lowest BCUT2D eigenvalue weighted by molar-refractivity contribution is -0.127. The molecule has 194 valence electrons. The number of rotatable bonds is 10. The summed E-state index contributed by atoms with van der Waals surface area (Å²) in [5.74, 6) is -0.854. The molecule has 0 bridgehead atoms. The van der Waals surface area contributed by atoms with E-state index in [0.717, 1.165) is 50.1 Å². The Kier molecular flexibility index (Phi) is 8.42. The van der Waals surface area contributed by atoms with Crippen LogP contribution in [0, 0.1) is 0 Å². The van der Waals surface area contributed by atoms with Gasteiger partial charge < -0.3 is 31.2 Å². The molecule has 0 spiro atoms. The van der Waals surface area contributed by atoms with Crippen LogP contribution in [0.15, 0.2) is 24.3 Å². The van der Waals surface area contributed by atoms with Gasteiger partial charge in [0.05, 0.1) is 18.4 Å². The molecule has 1 aliphatic heterocycles. The summed E-state index contributed by atoms with van der Waals surface area (Å²) in [6, 6.07) is 6.13. The SMILES string of the molecule is CCOc1ccc([C@@H](C(=O)NC[C@H]2CCCO2)N(C(=O)c2snc(C(N)=O)c2N)C2CCCC2)cc1. The number of carbonyl (C=O) groups excluding carboxylic acids is 3. The van der Waals surface area contributed by atoms with Crippen LogP contribution in [0.5, 0.6) is 5.75 Å². The summed E-state index contributed by atoms with van der Waals surface area (Å²) in [5, 5.41) is 3.00. The molecule has 5 N–H and O–H groups in total. The summed E-state index contributed by atoms with van der Waals surface area (Å²) in [7, 11) is 0. The number of primary amides is 1. The van der Waals surface area contributed by atoms with E-state index in [4.69, 9.17) is 20.9 Å². The molecule has 2 aromatic rings. The van der Waals surface area contributed by atoms with Crippen molar-refractivity contribution in [2.24, 2.45) is 5.73 Å². The van der Waals surface area contributed by atoms with Gasteiger partial charge in [-0.25, -0.2) is 0 Å². The van der Waals surface area contributed by atoms with E-state index in [2.05, 4.69) is 9.69 Å². The number of nitrogens with zero attached hydrogens (tertiary/aromatic N) is 2. The second-order valence-electron chi connectivity index (χ2n) is 9.07. The van der Waals surface area contributed by atoms with Gasteiger partial charge in [0.15, 0.2) is 5.69 Å². The van der Waals surface area contributed by atoms with Crippen molar-refractivity contribution in [1.29, 1.82) is 0 Å². The van der Waals surface area contributed by atoms with Crippen molar-refractivity contribution in [1.82, 2.24) is 14.6 Å². The zero-order valence-corrected chi connectivity index (χ0v) is 21.2. The molecule has 3 amide bonds. The van der Waals surface area contributed by atoms with Gasteiger partial charge in [-0.05, 0) is 61.8 Å². The Labute approximate surface area is 214 Å². The van der Waals surface area contributed by atoms with Crippen molar-refractivity contribution in [2.45, 2.75) is 63.6 Å². The lowest BCUT2D eigenvalue weighted by Crippen LogP contribution is -2.49. The monoisotopic (exact) mass is 515 g/mol. The molecule has 0 radical (unpaired) electrons. The number of amides is 3. The summed E-state index contributed by atoms with van der Waals surface area (Å²) in [6.07, 6.45) is 5.23. The highest BCUT2D eigenvalue weighted by atomic mass is 32.1. The Morgan fingerprint density at radius 3 is 2.50 bits per heavy atom. The number of benzene rings is 1. The maximum Gasteiger partial charge on any atom is 0.270 e. The van der Waals surface area contributed by atoms with Crippen LogP contribution in [0.1, 0.15) is 77.2 Å². The van der Waals surface area contributed by atoms with Crippen LogP contribution in [0.4, 0.5) is 5.69 Å². The minimum Gasteiger partial charge on any atom is -0.494 e. The predicted molar refractivity (Wildman–Crippen MR) is 136 cm³/mol. The fraction of sp³-hybridized carbons (Fsp3) is 0.520. The minimum atomic E-state index is -0.906. The average molecular weight is 516 g/mol. The summed E-state index contributed by atoms with van der Waals surface area (Å²) in [6.45, 7) is 3.47. The molecular formula is C25H33N5O5S. The quantitative estimate of drug-likeness (QED) is 0.440. The number of aromatic nitrogens is 1. The van der Waals surface area contributed by atoms with Gasteiger partial charge in [-0.15, -0.1) is 0 Å². The zero-order valence-electron chi connectivity index (χ0n) is 20.4. The second kappa shape index (κ2) is 11.7. The first-order chi connectivity index (χ1) is 17.4. The first kappa shape index (κ1) is 25.9. The number of ether oxygens (including phenoxy) is 2. The maximum atomic E-state index is 14.0. The Morgan fingerprint density at radius 1 is 1.19 bits per heavy atom. The third-order valence-electron chi connectivity index (χ3n) is 6.67. The van der Waals surface area contributed by atoms with Crippen molar-refractivity contribution < 1.29 is 23.9 Å². The first-order valence-corrected chi connectivity index (χ1v) is 13.2. The van der Waals surface area contributed by atoms with Crippen molar-refractivity contribution in [3.05, 3.63) is 40.4 Å². The molecule has 2 atom stereocenters. The molecule has 4 rings (SSSR count). The van der Waals surface area contributed by atoms with Gasteiger partial charge in [-0.1, -0.05) is 25.0 Å². The first-order valence-electron chi connectivity index (χ1n) is 12.4. The Bertz CT molecular complexity index is 1080. The molecule has 1 aromatic carbocycles. The van der Waals surface area contributed by atoms with Crippen LogP contribution in [-0.2, 0) is 9.53 Å². The van der Waals surface area contributed by atoms with Crippen molar-refractivity contribution >= 4 is 34.9 Å². The molecule has 1 aromatic heterocycles. The lowest BCUT2D eigenvalue weighted by atomic mass is 10.00. The van der Waals surface area contributed by atoms with Gasteiger partial charge in [0.2, 0.25) is 5.91 Å². The van der Waals surface area contributed by atoms with Gasteiger partial charge in [-0.3, -0.25) is 14.4 Å². The van der Waals surface area contributed by atoms with E-state index < -0.39 is 17.9 Å². The topological polar surface area (TPSA) is 150 Å². The smallest absolute Gasteiger partial charge is 0.270 e. The summed E-state index contributed by atoms with van der Waals surface area (Å²) in [4.78, 5) is 41.1. The van der Waals surface area contributed by atoms with Crippen LogP contribution in [0.2, 0.25) is 0 Å². The van der Waals surface area contributed by atoms with Crippen LogP contribution in [0.3, 0.4) is 0 Å². The molecule has 2 fully saturated rings. The fourth-order valence-corrected chi connectivity index (χ4v) is 5.64.